The van der Waals surface area contributed by atoms with E-state index >= 15 is 0 Å². The number of rotatable bonds is 3. The first-order valence-corrected chi connectivity index (χ1v) is 3.39. The molecule has 6 heteroatoms. The van der Waals surface area contributed by atoms with Crippen LogP contribution in [0.3, 0.4) is 0 Å². The van der Waals surface area contributed by atoms with E-state index in [0.29, 0.717) is 5.75 Å². The Kier molecular flexibility index (Phi) is 5.18. The average Bonchev–Trinajstić information content (AvgIpc) is 2.01. The lowest BCUT2D eigenvalue weighted by atomic mass is 10.5. The van der Waals surface area contributed by atoms with Gasteiger partial charge in [-0.2, -0.15) is 18.1 Å². The number of carbonyl (C=O) groups is 3. The van der Waals surface area contributed by atoms with E-state index in [0.717, 1.165) is 0 Å². The van der Waals surface area contributed by atoms with Crippen molar-refractivity contribution in [1.82, 2.24) is 5.48 Å². The van der Waals surface area contributed by atoms with Crippen molar-refractivity contribution in [3.8, 4) is 0 Å². The van der Waals surface area contributed by atoms with Crippen LogP contribution in [-0.4, -0.2) is 23.9 Å². The van der Waals surface area contributed by atoms with Gasteiger partial charge in [-0.05, 0) is 0 Å². The van der Waals surface area contributed by atoms with Crippen LogP contribution in [0.4, 0.5) is 0 Å². The maximum absolute atomic E-state index is 10.5. The molecule has 62 valence electrons. The smallest absolute Gasteiger partial charge is 0.333 e. The number of thiol groups is 1. The summed E-state index contributed by atoms with van der Waals surface area (Å²) in [6.45, 7) is 0. The molecule has 0 saturated carbocycles. The fourth-order valence-electron chi connectivity index (χ4n) is 0.274. The highest BCUT2D eigenvalue weighted by Crippen LogP contribution is 1.85. The molecule has 11 heavy (non-hydrogen) atoms. The molecule has 0 aromatic carbocycles. The summed E-state index contributed by atoms with van der Waals surface area (Å²) >= 11 is 3.74. The molecule has 0 saturated heterocycles. The van der Waals surface area contributed by atoms with E-state index in [9.17, 15) is 14.4 Å². The van der Waals surface area contributed by atoms with Crippen LogP contribution in [0.2, 0.25) is 0 Å². The summed E-state index contributed by atoms with van der Waals surface area (Å²) in [7, 11) is 0. The molecular weight excluding hydrogens is 170 g/mol. The van der Waals surface area contributed by atoms with Crippen LogP contribution in [0.15, 0.2) is 0 Å². The van der Waals surface area contributed by atoms with Gasteiger partial charge in [-0.3, -0.25) is 9.59 Å². The molecule has 0 heterocycles. The van der Waals surface area contributed by atoms with Crippen molar-refractivity contribution in [1.29, 1.82) is 0 Å². The molecule has 0 aliphatic carbocycles. The Hall–Kier alpha value is -1.04. The largest absolute Gasteiger partial charge is 0.340 e. The van der Waals surface area contributed by atoms with E-state index in [1.807, 2.05) is 0 Å². The minimum atomic E-state index is -0.988. The van der Waals surface area contributed by atoms with Gasteiger partial charge in [0, 0.05) is 5.75 Å². The lowest BCUT2D eigenvalue weighted by Crippen LogP contribution is -2.27. The van der Waals surface area contributed by atoms with Crippen LogP contribution in [-0.2, 0) is 19.2 Å². The predicted molar refractivity (Wildman–Crippen MR) is 38.8 cm³/mol. The van der Waals surface area contributed by atoms with Crippen LogP contribution in [0.25, 0.3) is 0 Å². The van der Waals surface area contributed by atoms with Gasteiger partial charge in [-0.1, -0.05) is 0 Å². The van der Waals surface area contributed by atoms with Gasteiger partial charge in [-0.25, -0.2) is 4.79 Å². The van der Waals surface area contributed by atoms with Crippen LogP contribution in [0.1, 0.15) is 6.42 Å². The quantitative estimate of drug-likeness (QED) is 0.253. The molecule has 0 rings (SSSR count). The number of amides is 1. The summed E-state index contributed by atoms with van der Waals surface area (Å²) in [4.78, 5) is 34.4. The van der Waals surface area contributed by atoms with Crippen LogP contribution >= 0.6 is 12.6 Å². The van der Waals surface area contributed by atoms with Gasteiger partial charge in [0.1, 0.15) is 0 Å². The summed E-state index contributed by atoms with van der Waals surface area (Å²) in [6, 6.07) is 0. The molecule has 0 aromatic heterocycles. The van der Waals surface area contributed by atoms with Crippen molar-refractivity contribution in [2.45, 2.75) is 6.42 Å². The fraction of sp³-hybridized carbons (Fsp3) is 0.400. The summed E-state index contributed by atoms with van der Waals surface area (Å²) in [5, 5.41) is 0. The molecule has 0 unspecified atom stereocenters. The number of aldehydes is 1. The predicted octanol–water partition coefficient (Wildman–Crippen LogP) is -0.920. The molecule has 0 bridgehead atoms. The van der Waals surface area contributed by atoms with Crippen LogP contribution in [0.5, 0.6) is 0 Å². The van der Waals surface area contributed by atoms with Crippen molar-refractivity contribution in [2.75, 3.05) is 5.75 Å². The standard InChI is InChI=1S/C5H7NO4S/c7-3-4(8)6-10-5(9)1-2-11/h3,11H,1-2H2,(H,6,8). The lowest BCUT2D eigenvalue weighted by molar-refractivity contribution is -0.158. The first kappa shape index (κ1) is 9.96. The van der Waals surface area contributed by atoms with E-state index < -0.39 is 11.9 Å². The van der Waals surface area contributed by atoms with Crippen molar-refractivity contribution in [3.05, 3.63) is 0 Å². The third kappa shape index (κ3) is 5.41. The first-order chi connectivity index (χ1) is 5.20. The third-order valence-electron chi connectivity index (χ3n) is 0.688. The molecule has 0 spiro atoms. The summed E-state index contributed by atoms with van der Waals surface area (Å²) in [5.74, 6) is -1.29. The zero-order valence-electron chi connectivity index (χ0n) is 5.57. The van der Waals surface area contributed by atoms with Gasteiger partial charge in [0.2, 0.25) is 6.29 Å². The van der Waals surface area contributed by atoms with Gasteiger partial charge in [0.25, 0.3) is 0 Å². The molecule has 1 N–H and O–H groups in total. The molecule has 0 aliphatic rings. The molecule has 0 radical (unpaired) electrons. The SMILES string of the molecule is O=CC(=O)NOC(=O)CCS. The number of hydroxylamine groups is 1. The second-order valence-corrected chi connectivity index (χ2v) is 1.98. The van der Waals surface area contributed by atoms with E-state index in [-0.39, 0.29) is 12.7 Å². The van der Waals surface area contributed by atoms with Gasteiger partial charge in [0.15, 0.2) is 0 Å². The molecule has 0 aliphatic heterocycles. The highest BCUT2D eigenvalue weighted by atomic mass is 32.1. The number of hydrogen-bond donors (Lipinski definition) is 2. The van der Waals surface area contributed by atoms with Crippen molar-refractivity contribution < 1.29 is 19.2 Å². The Morgan fingerprint density at radius 1 is 1.55 bits per heavy atom. The second kappa shape index (κ2) is 5.72. The highest BCUT2D eigenvalue weighted by Gasteiger charge is 2.03. The van der Waals surface area contributed by atoms with Gasteiger partial charge in [-0.15, -0.1) is 0 Å². The summed E-state index contributed by atoms with van der Waals surface area (Å²) in [6.07, 6.45) is 0.0935. The van der Waals surface area contributed by atoms with Gasteiger partial charge in [0.05, 0.1) is 6.42 Å². The summed E-state index contributed by atoms with van der Waals surface area (Å²) in [5.41, 5.74) is 1.63. The van der Waals surface area contributed by atoms with E-state index in [4.69, 9.17) is 0 Å². The third-order valence-corrected chi connectivity index (χ3v) is 0.912. The molecule has 1 amide bonds. The normalized spacial score (nSPS) is 8.45. The van der Waals surface area contributed by atoms with Gasteiger partial charge >= 0.3 is 11.9 Å². The fourth-order valence-corrected chi connectivity index (χ4v) is 0.456. The Balaban J connectivity index is 3.45. The highest BCUT2D eigenvalue weighted by molar-refractivity contribution is 7.80. The molecule has 0 atom stereocenters. The first-order valence-electron chi connectivity index (χ1n) is 2.76. The van der Waals surface area contributed by atoms with E-state index in [1.54, 1.807) is 5.48 Å². The maximum Gasteiger partial charge on any atom is 0.333 e. The van der Waals surface area contributed by atoms with Crippen molar-refractivity contribution in [3.63, 3.8) is 0 Å². The Morgan fingerprint density at radius 3 is 2.64 bits per heavy atom. The molecule has 5 nitrogen and oxygen atoms in total. The summed E-state index contributed by atoms with van der Waals surface area (Å²) < 4.78 is 0. The Morgan fingerprint density at radius 2 is 2.18 bits per heavy atom. The lowest BCUT2D eigenvalue weighted by Gasteiger charge is -1.99. The zero-order chi connectivity index (χ0) is 8.69. The van der Waals surface area contributed by atoms with Gasteiger partial charge < -0.3 is 4.84 Å². The monoisotopic (exact) mass is 177 g/mol. The molecule has 0 fully saturated rings. The van der Waals surface area contributed by atoms with Crippen molar-refractivity contribution in [2.24, 2.45) is 0 Å². The Labute approximate surface area is 68.5 Å². The van der Waals surface area contributed by atoms with E-state index in [1.165, 1.54) is 0 Å². The van der Waals surface area contributed by atoms with Crippen LogP contribution in [0, 0.1) is 0 Å². The second-order valence-electron chi connectivity index (χ2n) is 1.53. The van der Waals surface area contributed by atoms with Crippen LogP contribution < -0.4 is 5.48 Å². The molecular formula is C5H7NO4S. The van der Waals surface area contributed by atoms with Crippen molar-refractivity contribution >= 4 is 30.8 Å². The minimum Gasteiger partial charge on any atom is -0.340 e. The zero-order valence-corrected chi connectivity index (χ0v) is 6.47. The molecule has 0 aromatic rings. The average molecular weight is 177 g/mol. The maximum atomic E-state index is 10.5. The minimum absolute atomic E-state index is 0.00791. The Bertz CT molecular complexity index is 170. The topological polar surface area (TPSA) is 72.5 Å². The number of carbonyl (C=O) groups excluding carboxylic acids is 3. The number of nitrogens with one attached hydrogen (secondary N) is 1. The van der Waals surface area contributed by atoms with E-state index in [2.05, 4.69) is 17.5 Å². The number of hydrogen-bond acceptors (Lipinski definition) is 5.